The molecular weight excluding hydrogens is 192 g/mol. The van der Waals surface area contributed by atoms with E-state index in [0.29, 0.717) is 17.4 Å². The number of aldehydes is 1. The maximum absolute atomic E-state index is 11.3. The van der Waals surface area contributed by atoms with Crippen LogP contribution in [0.4, 0.5) is 0 Å². The van der Waals surface area contributed by atoms with Crippen LogP contribution in [0.1, 0.15) is 21.5 Å². The van der Waals surface area contributed by atoms with Gasteiger partial charge in [-0.1, -0.05) is 12.0 Å². The molecule has 0 radical (unpaired) electrons. The fourth-order valence-electron chi connectivity index (χ4n) is 1.21. The van der Waals surface area contributed by atoms with E-state index in [1.165, 1.54) is 7.11 Å². The number of esters is 1. The molecule has 0 aliphatic carbocycles. The Bertz CT molecular complexity index is 450. The Hall–Kier alpha value is -2.08. The molecule has 0 saturated heterocycles. The molecule has 0 aliphatic heterocycles. The molecule has 0 fully saturated rings. The van der Waals surface area contributed by atoms with E-state index in [1.54, 1.807) is 25.1 Å². The van der Waals surface area contributed by atoms with Crippen molar-refractivity contribution in [2.75, 3.05) is 7.11 Å². The molecule has 3 heteroatoms. The molecule has 0 spiro atoms. The van der Waals surface area contributed by atoms with Crippen molar-refractivity contribution in [1.29, 1.82) is 0 Å². The van der Waals surface area contributed by atoms with Crippen LogP contribution in [0, 0.1) is 18.8 Å². The molecule has 1 rings (SSSR count). The second-order valence-electron chi connectivity index (χ2n) is 2.86. The van der Waals surface area contributed by atoms with Crippen molar-refractivity contribution in [2.24, 2.45) is 0 Å². The highest BCUT2D eigenvalue weighted by Gasteiger charge is 2.10. The van der Waals surface area contributed by atoms with Crippen LogP contribution in [0.3, 0.4) is 0 Å². The molecular formula is C12H10O3. The maximum Gasteiger partial charge on any atom is 0.338 e. The van der Waals surface area contributed by atoms with Gasteiger partial charge in [0.05, 0.1) is 12.7 Å². The van der Waals surface area contributed by atoms with E-state index in [2.05, 4.69) is 16.6 Å². The second kappa shape index (κ2) is 4.97. The van der Waals surface area contributed by atoms with Crippen LogP contribution in [0.5, 0.6) is 0 Å². The van der Waals surface area contributed by atoms with Crippen molar-refractivity contribution in [1.82, 2.24) is 0 Å². The summed E-state index contributed by atoms with van der Waals surface area (Å²) < 4.78 is 4.62. The Kier molecular flexibility index (Phi) is 3.64. The highest BCUT2D eigenvalue weighted by atomic mass is 16.5. The van der Waals surface area contributed by atoms with E-state index >= 15 is 0 Å². The highest BCUT2D eigenvalue weighted by Crippen LogP contribution is 2.13. The topological polar surface area (TPSA) is 43.4 Å². The molecule has 0 amide bonds. The molecule has 0 bridgehead atoms. The number of methoxy groups -OCH3 is 1. The van der Waals surface area contributed by atoms with Crippen LogP contribution in [-0.2, 0) is 9.53 Å². The van der Waals surface area contributed by atoms with Gasteiger partial charge in [0, 0.05) is 5.56 Å². The average molecular weight is 202 g/mol. The van der Waals surface area contributed by atoms with Crippen LogP contribution in [-0.4, -0.2) is 19.4 Å². The molecule has 0 atom stereocenters. The number of rotatable bonds is 1. The summed E-state index contributed by atoms with van der Waals surface area (Å²) >= 11 is 0. The minimum atomic E-state index is -0.401. The summed E-state index contributed by atoms with van der Waals surface area (Å²) in [4.78, 5) is 21.4. The van der Waals surface area contributed by atoms with Gasteiger partial charge in [-0.3, -0.25) is 4.79 Å². The van der Waals surface area contributed by atoms with E-state index in [-0.39, 0.29) is 0 Å². The smallest absolute Gasteiger partial charge is 0.338 e. The number of carbonyl (C=O) groups is 2. The third-order valence-electron chi connectivity index (χ3n) is 2.00. The second-order valence-corrected chi connectivity index (χ2v) is 2.86. The quantitative estimate of drug-likeness (QED) is 0.392. The summed E-state index contributed by atoms with van der Waals surface area (Å²) in [7, 11) is 1.32. The van der Waals surface area contributed by atoms with Crippen molar-refractivity contribution in [2.45, 2.75) is 6.92 Å². The van der Waals surface area contributed by atoms with Crippen molar-refractivity contribution in [3.63, 3.8) is 0 Å². The number of ether oxygens (including phenoxy) is 1. The normalized spacial score (nSPS) is 8.67. The molecule has 0 heterocycles. The molecule has 0 aliphatic rings. The Labute approximate surface area is 88.1 Å². The molecule has 1 aromatic rings. The lowest BCUT2D eigenvalue weighted by Gasteiger charge is -2.04. The minimum absolute atomic E-state index is 0.401. The first-order valence-corrected chi connectivity index (χ1v) is 4.33. The SMILES string of the molecule is COC(=O)c1cccc(C#CC=O)c1C. The summed E-state index contributed by atoms with van der Waals surface area (Å²) in [6.07, 6.45) is 0.518. The van der Waals surface area contributed by atoms with Crippen LogP contribution in [0.25, 0.3) is 0 Å². The minimum Gasteiger partial charge on any atom is -0.465 e. The molecule has 1 aromatic carbocycles. The highest BCUT2D eigenvalue weighted by molar-refractivity contribution is 5.91. The largest absolute Gasteiger partial charge is 0.465 e. The first-order chi connectivity index (χ1) is 7.20. The first kappa shape index (κ1) is 11.0. The van der Waals surface area contributed by atoms with E-state index in [0.717, 1.165) is 5.56 Å². The number of carbonyl (C=O) groups excluding carboxylic acids is 2. The fraction of sp³-hybridized carbons (Fsp3) is 0.167. The zero-order valence-electron chi connectivity index (χ0n) is 8.53. The Morgan fingerprint density at radius 1 is 1.47 bits per heavy atom. The number of benzene rings is 1. The van der Waals surface area contributed by atoms with E-state index in [4.69, 9.17) is 0 Å². The van der Waals surface area contributed by atoms with Gasteiger partial charge in [-0.15, -0.1) is 0 Å². The standard InChI is InChI=1S/C12H10O3/c1-9-10(6-4-8-13)5-3-7-11(9)12(14)15-2/h3,5,7-8H,1-2H3. The van der Waals surface area contributed by atoms with Crippen molar-refractivity contribution >= 4 is 12.3 Å². The lowest BCUT2D eigenvalue weighted by Crippen LogP contribution is -2.04. The number of hydrogen-bond acceptors (Lipinski definition) is 3. The van der Waals surface area contributed by atoms with Crippen LogP contribution >= 0.6 is 0 Å². The summed E-state index contributed by atoms with van der Waals surface area (Å²) in [5, 5.41) is 0. The summed E-state index contributed by atoms with van der Waals surface area (Å²) in [5.41, 5.74) is 1.85. The predicted molar refractivity (Wildman–Crippen MR) is 55.5 cm³/mol. The summed E-state index contributed by atoms with van der Waals surface area (Å²) in [5.74, 6) is 4.56. The molecule has 0 unspecified atom stereocenters. The molecule has 0 aromatic heterocycles. The molecule has 0 saturated carbocycles. The monoisotopic (exact) mass is 202 g/mol. The van der Waals surface area contributed by atoms with Crippen LogP contribution in [0.15, 0.2) is 18.2 Å². The van der Waals surface area contributed by atoms with Crippen LogP contribution < -0.4 is 0 Å². The Balaban J connectivity index is 3.22. The molecule has 15 heavy (non-hydrogen) atoms. The maximum atomic E-state index is 11.3. The van der Waals surface area contributed by atoms with Gasteiger partial charge in [-0.2, -0.15) is 0 Å². The molecule has 3 nitrogen and oxygen atoms in total. The van der Waals surface area contributed by atoms with Gasteiger partial charge in [0.1, 0.15) is 0 Å². The van der Waals surface area contributed by atoms with Gasteiger partial charge in [0.15, 0.2) is 6.29 Å². The Morgan fingerprint density at radius 2 is 2.20 bits per heavy atom. The third-order valence-corrected chi connectivity index (χ3v) is 2.00. The third kappa shape index (κ3) is 2.44. The fourth-order valence-corrected chi connectivity index (χ4v) is 1.21. The summed E-state index contributed by atoms with van der Waals surface area (Å²) in [6.45, 7) is 1.76. The lowest BCUT2D eigenvalue weighted by atomic mass is 10.0. The van der Waals surface area contributed by atoms with Gasteiger partial charge in [-0.05, 0) is 30.5 Å². The van der Waals surface area contributed by atoms with Crippen LogP contribution in [0.2, 0.25) is 0 Å². The molecule has 76 valence electrons. The van der Waals surface area contributed by atoms with Gasteiger partial charge >= 0.3 is 5.97 Å². The zero-order chi connectivity index (χ0) is 11.3. The van der Waals surface area contributed by atoms with E-state index in [9.17, 15) is 9.59 Å². The first-order valence-electron chi connectivity index (χ1n) is 4.33. The van der Waals surface area contributed by atoms with Gasteiger partial charge in [0.25, 0.3) is 0 Å². The molecule has 0 N–H and O–H groups in total. The zero-order valence-corrected chi connectivity index (χ0v) is 8.53. The average Bonchev–Trinajstić information content (AvgIpc) is 2.27. The van der Waals surface area contributed by atoms with Gasteiger partial charge in [0.2, 0.25) is 0 Å². The van der Waals surface area contributed by atoms with E-state index < -0.39 is 5.97 Å². The van der Waals surface area contributed by atoms with Gasteiger partial charge < -0.3 is 4.74 Å². The lowest BCUT2D eigenvalue weighted by molar-refractivity contribution is -0.103. The summed E-state index contributed by atoms with van der Waals surface area (Å²) in [6, 6.07) is 5.11. The predicted octanol–water partition coefficient (Wildman–Crippen LogP) is 1.33. The van der Waals surface area contributed by atoms with Crippen molar-refractivity contribution in [3.05, 3.63) is 34.9 Å². The van der Waals surface area contributed by atoms with Crippen molar-refractivity contribution < 1.29 is 14.3 Å². The van der Waals surface area contributed by atoms with Crippen molar-refractivity contribution in [3.8, 4) is 11.8 Å². The Morgan fingerprint density at radius 3 is 2.80 bits per heavy atom. The van der Waals surface area contributed by atoms with E-state index in [1.807, 2.05) is 0 Å². The van der Waals surface area contributed by atoms with Gasteiger partial charge in [-0.25, -0.2) is 4.79 Å². The number of hydrogen-bond donors (Lipinski definition) is 0.